The maximum atomic E-state index is 9.95. The van der Waals surface area contributed by atoms with E-state index >= 15 is 0 Å². The first kappa shape index (κ1) is 14.1. The van der Waals surface area contributed by atoms with Crippen molar-refractivity contribution in [3.8, 4) is 0 Å². The van der Waals surface area contributed by atoms with Crippen LogP contribution in [0, 0.1) is 0 Å². The van der Waals surface area contributed by atoms with Gasteiger partial charge >= 0.3 is 0 Å². The van der Waals surface area contributed by atoms with Gasteiger partial charge in [-0.05, 0) is 44.0 Å². The Morgan fingerprint density at radius 3 is 2.32 bits per heavy atom. The summed E-state index contributed by atoms with van der Waals surface area (Å²) in [5.41, 5.74) is 7.27. The highest BCUT2D eigenvalue weighted by Gasteiger charge is 2.39. The smallest absolute Gasteiger partial charge is 0.0973 e. The number of benzene rings is 1. The minimum Gasteiger partial charge on any atom is -0.399 e. The number of rotatable bonds is 4. The summed E-state index contributed by atoms with van der Waals surface area (Å²) < 4.78 is 0. The van der Waals surface area contributed by atoms with E-state index < -0.39 is 12.2 Å². The molecule has 5 heteroatoms. The van der Waals surface area contributed by atoms with Crippen molar-refractivity contribution in [2.75, 3.05) is 17.2 Å². The van der Waals surface area contributed by atoms with Crippen molar-refractivity contribution in [3.63, 3.8) is 0 Å². The van der Waals surface area contributed by atoms with Gasteiger partial charge in [0, 0.05) is 11.4 Å². The monoisotopic (exact) mass is 266 g/mol. The third-order valence-corrected chi connectivity index (χ3v) is 3.85. The summed E-state index contributed by atoms with van der Waals surface area (Å²) in [6.07, 6.45) is 0.251. The second-order valence-corrected chi connectivity index (χ2v) is 5.20. The van der Waals surface area contributed by atoms with Gasteiger partial charge in [0.05, 0.1) is 30.9 Å². The molecule has 1 aliphatic heterocycles. The topological polar surface area (TPSA) is 90.0 Å². The van der Waals surface area contributed by atoms with Crippen LogP contribution in [0.1, 0.15) is 19.8 Å². The van der Waals surface area contributed by atoms with Crippen LogP contribution in [-0.4, -0.2) is 46.2 Å². The van der Waals surface area contributed by atoms with E-state index in [1.807, 2.05) is 17.0 Å². The van der Waals surface area contributed by atoms with E-state index in [0.29, 0.717) is 5.69 Å². The molecule has 19 heavy (non-hydrogen) atoms. The van der Waals surface area contributed by atoms with Crippen LogP contribution < -0.4 is 10.6 Å². The molecule has 1 aromatic carbocycles. The summed E-state index contributed by atoms with van der Waals surface area (Å²) in [7, 11) is 0. The molecule has 4 atom stereocenters. The molecule has 1 fully saturated rings. The van der Waals surface area contributed by atoms with Crippen LogP contribution in [0.2, 0.25) is 0 Å². The average molecular weight is 266 g/mol. The SMILES string of the molecule is CC(O)C1CCC(C(O)CO)N1c1ccc(N)cc1. The number of aliphatic hydroxyl groups is 3. The number of nitrogens with zero attached hydrogens (tertiary/aromatic N) is 1. The van der Waals surface area contributed by atoms with Gasteiger partial charge in [-0.25, -0.2) is 0 Å². The van der Waals surface area contributed by atoms with Crippen molar-refractivity contribution in [2.45, 2.75) is 44.1 Å². The zero-order valence-electron chi connectivity index (χ0n) is 11.1. The normalized spacial score (nSPS) is 26.4. The van der Waals surface area contributed by atoms with Crippen LogP contribution in [-0.2, 0) is 0 Å². The summed E-state index contributed by atoms with van der Waals surface area (Å²) in [6.45, 7) is 1.48. The highest BCUT2D eigenvalue weighted by atomic mass is 16.3. The summed E-state index contributed by atoms with van der Waals surface area (Å²) in [4.78, 5) is 2.00. The fourth-order valence-electron chi connectivity index (χ4n) is 2.87. The van der Waals surface area contributed by atoms with Crippen LogP contribution >= 0.6 is 0 Å². The van der Waals surface area contributed by atoms with Crippen molar-refractivity contribution in [1.82, 2.24) is 0 Å². The lowest BCUT2D eigenvalue weighted by Crippen LogP contribution is -2.47. The molecule has 1 saturated heterocycles. The first-order valence-corrected chi connectivity index (χ1v) is 6.65. The number of anilines is 2. The van der Waals surface area contributed by atoms with Crippen LogP contribution in [0.4, 0.5) is 11.4 Å². The first-order valence-electron chi connectivity index (χ1n) is 6.65. The summed E-state index contributed by atoms with van der Waals surface area (Å²) in [6, 6.07) is 7.15. The molecule has 106 valence electrons. The van der Waals surface area contributed by atoms with E-state index in [1.54, 1.807) is 19.1 Å². The second kappa shape index (κ2) is 5.77. The molecule has 4 unspecified atom stereocenters. The van der Waals surface area contributed by atoms with E-state index in [1.165, 1.54) is 0 Å². The van der Waals surface area contributed by atoms with Crippen LogP contribution in [0.5, 0.6) is 0 Å². The highest BCUT2D eigenvalue weighted by Crippen LogP contribution is 2.34. The quantitative estimate of drug-likeness (QED) is 0.590. The molecule has 0 radical (unpaired) electrons. The molecule has 0 spiro atoms. The summed E-state index contributed by atoms with van der Waals surface area (Å²) in [5, 5.41) is 29.0. The minimum absolute atomic E-state index is 0.0465. The van der Waals surface area contributed by atoms with Crippen molar-refractivity contribution >= 4 is 11.4 Å². The molecule has 1 aliphatic rings. The molecule has 5 N–H and O–H groups in total. The molecule has 5 nitrogen and oxygen atoms in total. The number of hydrogen-bond donors (Lipinski definition) is 4. The van der Waals surface area contributed by atoms with E-state index in [9.17, 15) is 10.2 Å². The Balaban J connectivity index is 2.30. The molecule has 0 amide bonds. The van der Waals surface area contributed by atoms with Gasteiger partial charge in [0.25, 0.3) is 0 Å². The molecule has 0 aliphatic carbocycles. The number of nitrogen functional groups attached to an aromatic ring is 1. The minimum atomic E-state index is -0.804. The third-order valence-electron chi connectivity index (χ3n) is 3.85. The van der Waals surface area contributed by atoms with E-state index in [2.05, 4.69) is 0 Å². The van der Waals surface area contributed by atoms with Gasteiger partial charge < -0.3 is 26.0 Å². The number of nitrogens with two attached hydrogens (primary N) is 1. The van der Waals surface area contributed by atoms with E-state index in [4.69, 9.17) is 10.8 Å². The standard InChI is InChI=1S/C14H22N2O3/c1-9(18)12-6-7-13(14(19)8-17)16(12)11-4-2-10(15)3-5-11/h2-5,9,12-14,17-19H,6-8,15H2,1H3. The van der Waals surface area contributed by atoms with Gasteiger partial charge in [0.15, 0.2) is 0 Å². The van der Waals surface area contributed by atoms with Gasteiger partial charge in [0.1, 0.15) is 0 Å². The van der Waals surface area contributed by atoms with Crippen LogP contribution in [0.3, 0.4) is 0 Å². The third kappa shape index (κ3) is 2.83. The fourth-order valence-corrected chi connectivity index (χ4v) is 2.87. The molecular formula is C14H22N2O3. The summed E-state index contributed by atoms with van der Waals surface area (Å²) >= 11 is 0. The Morgan fingerprint density at radius 1 is 1.21 bits per heavy atom. The zero-order valence-corrected chi connectivity index (χ0v) is 11.1. The average Bonchev–Trinajstić information content (AvgIpc) is 2.83. The van der Waals surface area contributed by atoms with Gasteiger partial charge in [-0.1, -0.05) is 0 Å². The Morgan fingerprint density at radius 2 is 1.79 bits per heavy atom. The number of hydrogen-bond acceptors (Lipinski definition) is 5. The Labute approximate surface area is 113 Å². The zero-order chi connectivity index (χ0) is 14.0. The lowest BCUT2D eigenvalue weighted by Gasteiger charge is -2.35. The van der Waals surface area contributed by atoms with Crippen molar-refractivity contribution < 1.29 is 15.3 Å². The van der Waals surface area contributed by atoms with Crippen LogP contribution in [0.15, 0.2) is 24.3 Å². The molecule has 0 bridgehead atoms. The Hall–Kier alpha value is -1.30. The first-order chi connectivity index (χ1) is 9.04. The predicted molar refractivity (Wildman–Crippen MR) is 74.9 cm³/mol. The molecule has 1 heterocycles. The predicted octanol–water partition coefficient (Wildman–Crippen LogP) is 0.340. The number of aliphatic hydroxyl groups excluding tert-OH is 3. The lowest BCUT2D eigenvalue weighted by molar-refractivity contribution is 0.0725. The van der Waals surface area contributed by atoms with Gasteiger partial charge in [0.2, 0.25) is 0 Å². The fraction of sp³-hybridized carbons (Fsp3) is 0.571. The molecule has 1 aromatic rings. The van der Waals surface area contributed by atoms with E-state index in [0.717, 1.165) is 18.5 Å². The Kier molecular flexibility index (Phi) is 4.29. The largest absolute Gasteiger partial charge is 0.399 e. The van der Waals surface area contributed by atoms with Crippen molar-refractivity contribution in [3.05, 3.63) is 24.3 Å². The van der Waals surface area contributed by atoms with Gasteiger partial charge in [-0.2, -0.15) is 0 Å². The van der Waals surface area contributed by atoms with Gasteiger partial charge in [-0.15, -0.1) is 0 Å². The molecule has 0 saturated carbocycles. The highest BCUT2D eigenvalue weighted by molar-refractivity contribution is 5.55. The van der Waals surface area contributed by atoms with E-state index in [-0.39, 0.29) is 18.7 Å². The molecule has 2 rings (SSSR count). The van der Waals surface area contributed by atoms with Crippen molar-refractivity contribution in [2.24, 2.45) is 0 Å². The van der Waals surface area contributed by atoms with Crippen molar-refractivity contribution in [1.29, 1.82) is 0 Å². The van der Waals surface area contributed by atoms with Gasteiger partial charge in [-0.3, -0.25) is 0 Å². The molecule has 0 aromatic heterocycles. The Bertz CT molecular complexity index is 408. The maximum Gasteiger partial charge on any atom is 0.0973 e. The summed E-state index contributed by atoms with van der Waals surface area (Å²) in [5.74, 6) is 0. The second-order valence-electron chi connectivity index (χ2n) is 5.20. The van der Waals surface area contributed by atoms with Crippen LogP contribution in [0.25, 0.3) is 0 Å². The molecular weight excluding hydrogens is 244 g/mol. The maximum absolute atomic E-state index is 9.95. The lowest BCUT2D eigenvalue weighted by atomic mass is 10.1.